The van der Waals surface area contributed by atoms with Gasteiger partial charge in [0.1, 0.15) is 23.9 Å². The highest BCUT2D eigenvalue weighted by atomic mass is 19.1. The minimum atomic E-state index is -0.578. The Morgan fingerprint density at radius 2 is 1.07 bits per heavy atom. The van der Waals surface area contributed by atoms with Gasteiger partial charge in [-0.25, -0.2) is 14.0 Å². The number of hydrogen-bond donors (Lipinski definition) is 1. The number of esters is 2. The highest BCUT2D eigenvalue weighted by molar-refractivity contribution is 5.89. The van der Waals surface area contributed by atoms with Gasteiger partial charge in [0.25, 0.3) is 0 Å². The molecule has 1 N–H and O–H groups in total. The van der Waals surface area contributed by atoms with E-state index in [4.69, 9.17) is 38.6 Å². The first-order valence-corrected chi connectivity index (χ1v) is 20.8. The lowest BCUT2D eigenvalue weighted by molar-refractivity contribution is -0.219. The molecule has 0 spiro atoms. The maximum Gasteiger partial charge on any atom is 0.338 e. The first-order valence-electron chi connectivity index (χ1n) is 20.8. The van der Waals surface area contributed by atoms with E-state index in [0.29, 0.717) is 49.9 Å². The van der Waals surface area contributed by atoms with Crippen molar-refractivity contribution in [3.63, 3.8) is 0 Å². The van der Waals surface area contributed by atoms with Crippen molar-refractivity contribution in [3.05, 3.63) is 132 Å². The second-order valence-corrected chi connectivity index (χ2v) is 14.0. The van der Waals surface area contributed by atoms with E-state index in [0.717, 1.165) is 106 Å². The summed E-state index contributed by atoms with van der Waals surface area (Å²) in [5, 5.41) is 8.84. The molecule has 11 heteroatoms. The summed E-state index contributed by atoms with van der Waals surface area (Å²) >= 11 is 0. The van der Waals surface area contributed by atoms with Crippen LogP contribution in [0.2, 0.25) is 0 Å². The van der Waals surface area contributed by atoms with Crippen LogP contribution in [0.3, 0.4) is 0 Å². The van der Waals surface area contributed by atoms with E-state index < -0.39 is 11.8 Å². The number of benzene rings is 4. The van der Waals surface area contributed by atoms with E-state index in [1.54, 1.807) is 30.3 Å². The van der Waals surface area contributed by atoms with E-state index in [1.807, 2.05) is 48.5 Å². The summed E-state index contributed by atoms with van der Waals surface area (Å²) in [5.74, 6) is 6.88. The Labute approximate surface area is 353 Å². The van der Waals surface area contributed by atoms with E-state index in [2.05, 4.69) is 18.4 Å². The number of ether oxygens (including phenoxy) is 5. The van der Waals surface area contributed by atoms with Crippen molar-refractivity contribution in [2.24, 2.45) is 0 Å². The molecule has 320 valence electrons. The molecule has 0 saturated carbocycles. The fourth-order valence-electron chi connectivity index (χ4n) is 5.69. The van der Waals surface area contributed by atoms with Crippen molar-refractivity contribution in [2.75, 3.05) is 39.6 Å². The zero-order valence-electron chi connectivity index (χ0n) is 34.4. The Hall–Kier alpha value is -5.83. The molecule has 0 aromatic heterocycles. The zero-order valence-corrected chi connectivity index (χ0v) is 34.4. The summed E-state index contributed by atoms with van der Waals surface area (Å²) < 4.78 is 42.5. The molecule has 60 heavy (non-hydrogen) atoms. The van der Waals surface area contributed by atoms with Gasteiger partial charge < -0.3 is 33.7 Å². The number of hydrogen-bond acceptors (Lipinski definition) is 10. The number of aliphatic hydroxyl groups excluding tert-OH is 1. The average molecular weight is 825 g/mol. The van der Waals surface area contributed by atoms with Crippen molar-refractivity contribution in [1.82, 2.24) is 0 Å². The Morgan fingerprint density at radius 1 is 0.583 bits per heavy atom. The molecule has 0 radical (unpaired) electrons. The predicted molar refractivity (Wildman–Crippen MR) is 228 cm³/mol. The fourth-order valence-corrected chi connectivity index (χ4v) is 5.69. The van der Waals surface area contributed by atoms with E-state index in [-0.39, 0.29) is 24.9 Å². The van der Waals surface area contributed by atoms with Gasteiger partial charge in [-0.2, -0.15) is 4.89 Å². The van der Waals surface area contributed by atoms with Crippen molar-refractivity contribution in [2.45, 2.75) is 83.7 Å². The van der Waals surface area contributed by atoms with Crippen LogP contribution in [0.25, 0.3) is 0 Å². The van der Waals surface area contributed by atoms with E-state index in [1.165, 1.54) is 12.1 Å². The molecule has 0 aliphatic heterocycles. The van der Waals surface area contributed by atoms with Crippen LogP contribution in [-0.2, 0) is 25.8 Å². The Balaban J connectivity index is 1.02. The fraction of sp³-hybridized carbons (Fsp3) is 0.388. The normalized spacial score (nSPS) is 10.6. The maximum atomic E-state index is 14.7. The number of halogens is 1. The number of carbonyl (C=O) groups is 2. The van der Waals surface area contributed by atoms with Crippen LogP contribution in [0.5, 0.6) is 23.0 Å². The summed E-state index contributed by atoms with van der Waals surface area (Å²) in [5.41, 5.74) is 2.61. The molecular formula is C49H57FO10. The van der Waals surface area contributed by atoms with E-state index >= 15 is 0 Å². The van der Waals surface area contributed by atoms with Gasteiger partial charge >= 0.3 is 11.9 Å². The second-order valence-electron chi connectivity index (χ2n) is 14.0. The molecule has 0 amide bonds. The quantitative estimate of drug-likeness (QED) is 0.0142. The zero-order chi connectivity index (χ0) is 42.5. The third-order valence-corrected chi connectivity index (χ3v) is 9.11. The number of carbonyl (C=O) groups excluding carboxylic acids is 2. The van der Waals surface area contributed by atoms with E-state index in [9.17, 15) is 14.0 Å². The average Bonchev–Trinajstić information content (AvgIpc) is 3.27. The minimum absolute atomic E-state index is 0.0283. The lowest BCUT2D eigenvalue weighted by Gasteiger charge is -2.08. The summed E-state index contributed by atoms with van der Waals surface area (Å²) in [4.78, 5) is 33.9. The van der Waals surface area contributed by atoms with Gasteiger partial charge in [-0.15, -0.1) is 0 Å². The monoisotopic (exact) mass is 824 g/mol. The molecule has 0 atom stereocenters. The van der Waals surface area contributed by atoms with Crippen LogP contribution in [0, 0.1) is 17.7 Å². The van der Waals surface area contributed by atoms with Gasteiger partial charge in [-0.3, -0.25) is 0 Å². The second kappa shape index (κ2) is 28.6. The molecule has 0 bridgehead atoms. The summed E-state index contributed by atoms with van der Waals surface area (Å²) in [6, 6.07) is 26.3. The van der Waals surface area contributed by atoms with Crippen LogP contribution >= 0.6 is 0 Å². The SMILES string of the molecule is C=CC(=O)OCCCCCCOc1ccc(C(=O)OCCCCCCOc2ccc(C#Cc3ccc(OOCc4ccc(OCCCCCCO)cc4)c(F)c3)cc2)cc1. The molecule has 10 nitrogen and oxygen atoms in total. The van der Waals surface area contributed by atoms with Crippen LogP contribution in [0.4, 0.5) is 4.39 Å². The van der Waals surface area contributed by atoms with Gasteiger partial charge in [0, 0.05) is 23.8 Å². The molecule has 0 aliphatic rings. The predicted octanol–water partition coefficient (Wildman–Crippen LogP) is 10.1. The summed E-state index contributed by atoms with van der Waals surface area (Å²) in [6.45, 7) is 6.26. The van der Waals surface area contributed by atoms with Crippen LogP contribution < -0.4 is 19.1 Å². The molecular weight excluding hydrogens is 768 g/mol. The molecule has 4 aromatic carbocycles. The molecule has 0 saturated heterocycles. The van der Waals surface area contributed by atoms with Crippen LogP contribution in [0.15, 0.2) is 104 Å². The minimum Gasteiger partial charge on any atom is -0.494 e. The summed E-state index contributed by atoms with van der Waals surface area (Å²) in [6.07, 6.45) is 12.1. The Morgan fingerprint density at radius 3 is 1.62 bits per heavy atom. The Bertz CT molecular complexity index is 1900. The number of unbranched alkanes of at least 4 members (excludes halogenated alkanes) is 9. The van der Waals surface area contributed by atoms with Gasteiger partial charge in [-0.05, 0) is 155 Å². The van der Waals surface area contributed by atoms with Gasteiger partial charge in [0.15, 0.2) is 5.82 Å². The number of aliphatic hydroxyl groups is 1. The lowest BCUT2D eigenvalue weighted by Crippen LogP contribution is -2.07. The van der Waals surface area contributed by atoms with Gasteiger partial charge in [-0.1, -0.05) is 37.0 Å². The molecule has 4 aromatic rings. The third-order valence-electron chi connectivity index (χ3n) is 9.11. The van der Waals surface area contributed by atoms with Gasteiger partial charge in [0.2, 0.25) is 5.75 Å². The number of rotatable bonds is 29. The van der Waals surface area contributed by atoms with Gasteiger partial charge in [0.05, 0.1) is 38.6 Å². The van der Waals surface area contributed by atoms with Crippen LogP contribution in [-0.4, -0.2) is 56.7 Å². The topological polar surface area (TPSA) is 119 Å². The molecule has 0 heterocycles. The largest absolute Gasteiger partial charge is 0.494 e. The van der Waals surface area contributed by atoms with Crippen molar-refractivity contribution < 1.29 is 52.5 Å². The molecule has 0 unspecified atom stereocenters. The third kappa shape index (κ3) is 19.3. The first-order chi connectivity index (χ1) is 29.4. The molecule has 4 rings (SSSR count). The molecule has 0 aliphatic carbocycles. The lowest BCUT2D eigenvalue weighted by atomic mass is 10.1. The van der Waals surface area contributed by atoms with Crippen molar-refractivity contribution in [1.29, 1.82) is 0 Å². The highest BCUT2D eigenvalue weighted by Gasteiger charge is 2.09. The van der Waals surface area contributed by atoms with Crippen molar-refractivity contribution in [3.8, 4) is 34.8 Å². The first kappa shape index (κ1) is 46.9. The van der Waals surface area contributed by atoms with Crippen molar-refractivity contribution >= 4 is 11.9 Å². The maximum absolute atomic E-state index is 14.7. The summed E-state index contributed by atoms with van der Waals surface area (Å²) in [7, 11) is 0. The highest BCUT2D eigenvalue weighted by Crippen LogP contribution is 2.21. The standard InChI is InChI=1S/C49H57FO10/c1-2-48(52)57-35-13-7-5-11-34-56-45-28-22-42(23-29-45)49(53)58-36-14-8-6-12-33-54-43-24-17-39(18-25-43)15-16-40-21-30-47(46(50)37-40)60-59-38-41-19-26-44(27-20-41)55-32-10-4-3-9-31-51/h2,17-30,37,51H,1,3-14,31-36,38H2. The van der Waals surface area contributed by atoms with Crippen LogP contribution in [0.1, 0.15) is 104 Å². The molecule has 0 fully saturated rings. The Kier molecular flexibility index (Phi) is 22.3. The smallest absolute Gasteiger partial charge is 0.338 e.